The van der Waals surface area contributed by atoms with E-state index in [-0.39, 0.29) is 22.5 Å². The zero-order valence-corrected chi connectivity index (χ0v) is 17.8. The number of carbonyl (C=O) groups excluding carboxylic acids is 2. The molecule has 4 rings (SSSR count). The molecule has 1 aliphatic rings. The van der Waals surface area contributed by atoms with E-state index in [1.165, 1.54) is 31.5 Å². The van der Waals surface area contributed by atoms with Gasteiger partial charge in [0.15, 0.2) is 5.78 Å². The topological polar surface area (TPSA) is 86.1 Å². The summed E-state index contributed by atoms with van der Waals surface area (Å²) >= 11 is 0. The predicted molar refractivity (Wildman–Crippen MR) is 118 cm³/mol. The molecule has 0 saturated carbocycles. The van der Waals surface area contributed by atoms with Crippen molar-refractivity contribution in [1.29, 1.82) is 5.26 Å². The number of amides is 2. The number of benzene rings is 2. The van der Waals surface area contributed by atoms with Crippen LogP contribution in [0.5, 0.6) is 0 Å². The summed E-state index contributed by atoms with van der Waals surface area (Å²) in [5, 5.41) is 11.8. The summed E-state index contributed by atoms with van der Waals surface area (Å²) in [4.78, 5) is 31.6. The molecule has 170 valence electrons. The highest BCUT2D eigenvalue weighted by Gasteiger charge is 2.38. The molecule has 9 heteroatoms. The zero-order valence-electron chi connectivity index (χ0n) is 17.8. The van der Waals surface area contributed by atoms with Gasteiger partial charge in [-0.3, -0.25) is 14.7 Å². The van der Waals surface area contributed by atoms with Gasteiger partial charge in [0.05, 0.1) is 28.9 Å². The third kappa shape index (κ3) is 4.26. The number of rotatable bonds is 4. The van der Waals surface area contributed by atoms with E-state index in [4.69, 9.17) is 5.26 Å². The summed E-state index contributed by atoms with van der Waals surface area (Å²) in [6, 6.07) is 14.3. The lowest BCUT2D eigenvalue weighted by molar-refractivity contribution is -0.137. The summed E-state index contributed by atoms with van der Waals surface area (Å²) in [5.41, 5.74) is 0.621. The third-order valence-electron chi connectivity index (χ3n) is 5.46. The van der Waals surface area contributed by atoms with Crippen LogP contribution in [0.4, 0.5) is 23.7 Å². The van der Waals surface area contributed by atoms with Gasteiger partial charge in [-0.2, -0.15) is 18.4 Å². The monoisotopic (exact) mass is 462 g/mol. The van der Waals surface area contributed by atoms with Crippen molar-refractivity contribution in [2.45, 2.75) is 19.1 Å². The van der Waals surface area contributed by atoms with Gasteiger partial charge in [-0.25, -0.2) is 4.79 Å². The Morgan fingerprint density at radius 3 is 2.47 bits per heavy atom. The minimum absolute atomic E-state index is 0.0282. The van der Waals surface area contributed by atoms with E-state index >= 15 is 0 Å². The van der Waals surface area contributed by atoms with Crippen LogP contribution in [0, 0.1) is 11.3 Å². The number of allylic oxidation sites excluding steroid dienone is 1. The Bertz CT molecular complexity index is 1330. The van der Waals surface area contributed by atoms with Gasteiger partial charge in [-0.1, -0.05) is 18.2 Å². The summed E-state index contributed by atoms with van der Waals surface area (Å²) in [5.74, 6) is -0.433. The standard InChI is InChI=1S/C25H17F3N4O2/c1-15-21(23(33)18-4-3-11-30-14-18)22(17-9-7-16(13-29)8-10-17)31-24(34)32(15)20-6-2-5-19(12-20)25(26,27)28/h2-12,14,22H,1H3,(H,31,34). The average molecular weight is 462 g/mol. The molecule has 1 N–H and O–H groups in total. The molecule has 1 aliphatic heterocycles. The van der Waals surface area contributed by atoms with E-state index in [1.54, 1.807) is 36.4 Å². The third-order valence-corrected chi connectivity index (χ3v) is 5.46. The summed E-state index contributed by atoms with van der Waals surface area (Å²) in [6.07, 6.45) is -1.71. The van der Waals surface area contributed by atoms with Crippen LogP contribution in [0.2, 0.25) is 0 Å². The molecule has 1 aromatic heterocycles. The van der Waals surface area contributed by atoms with Crippen molar-refractivity contribution in [3.05, 3.63) is 107 Å². The number of aromatic nitrogens is 1. The van der Waals surface area contributed by atoms with Crippen molar-refractivity contribution in [2.24, 2.45) is 0 Å². The van der Waals surface area contributed by atoms with Crippen molar-refractivity contribution in [1.82, 2.24) is 10.3 Å². The molecule has 2 heterocycles. The quantitative estimate of drug-likeness (QED) is 0.526. The highest BCUT2D eigenvalue weighted by atomic mass is 19.4. The Morgan fingerprint density at radius 1 is 1.12 bits per heavy atom. The van der Waals surface area contributed by atoms with E-state index in [2.05, 4.69) is 10.3 Å². The number of ketones is 1. The van der Waals surface area contributed by atoms with Gasteiger partial charge in [0.2, 0.25) is 0 Å². The molecule has 1 atom stereocenters. The first-order valence-corrected chi connectivity index (χ1v) is 10.1. The molecule has 3 aromatic rings. The fourth-order valence-electron chi connectivity index (χ4n) is 3.82. The van der Waals surface area contributed by atoms with Crippen molar-refractivity contribution in [3.63, 3.8) is 0 Å². The lowest BCUT2D eigenvalue weighted by Gasteiger charge is -2.36. The van der Waals surface area contributed by atoms with Crippen molar-refractivity contribution in [3.8, 4) is 6.07 Å². The fourth-order valence-corrected chi connectivity index (χ4v) is 3.82. The first-order valence-electron chi connectivity index (χ1n) is 10.1. The van der Waals surface area contributed by atoms with Gasteiger partial charge >= 0.3 is 12.2 Å². The van der Waals surface area contributed by atoms with Crippen LogP contribution in [0.25, 0.3) is 0 Å². The average Bonchev–Trinajstić information content (AvgIpc) is 2.83. The largest absolute Gasteiger partial charge is 0.416 e. The van der Waals surface area contributed by atoms with E-state index in [9.17, 15) is 22.8 Å². The first-order chi connectivity index (χ1) is 16.2. The molecular formula is C25H17F3N4O2. The number of halogens is 3. The molecule has 2 aromatic carbocycles. The second-order valence-electron chi connectivity index (χ2n) is 7.57. The molecule has 6 nitrogen and oxygen atoms in total. The van der Waals surface area contributed by atoms with Crippen molar-refractivity contribution >= 4 is 17.5 Å². The van der Waals surface area contributed by atoms with E-state index in [0.717, 1.165) is 17.0 Å². The lowest BCUT2D eigenvalue weighted by Crippen LogP contribution is -2.48. The Kier molecular flexibility index (Phi) is 5.90. The summed E-state index contributed by atoms with van der Waals surface area (Å²) in [6.45, 7) is 1.51. The van der Waals surface area contributed by atoms with E-state index < -0.39 is 29.6 Å². The number of hydrogen-bond donors (Lipinski definition) is 1. The first kappa shape index (κ1) is 22.7. The highest BCUT2D eigenvalue weighted by Crippen LogP contribution is 2.37. The van der Waals surface area contributed by atoms with Crippen LogP contribution in [0.3, 0.4) is 0 Å². The Morgan fingerprint density at radius 2 is 1.85 bits per heavy atom. The van der Waals surface area contributed by atoms with Crippen LogP contribution >= 0.6 is 0 Å². The number of alkyl halides is 3. The van der Waals surface area contributed by atoms with Crippen LogP contribution in [-0.2, 0) is 6.18 Å². The highest BCUT2D eigenvalue weighted by molar-refractivity contribution is 6.13. The fraction of sp³-hybridized carbons (Fsp3) is 0.120. The number of carbonyl (C=O) groups is 2. The normalized spacial score (nSPS) is 16.1. The molecule has 0 aliphatic carbocycles. The Balaban J connectivity index is 1.88. The SMILES string of the molecule is CC1=C(C(=O)c2cccnc2)C(c2ccc(C#N)cc2)NC(=O)N1c1cccc(C(F)(F)F)c1. The van der Waals surface area contributed by atoms with E-state index in [0.29, 0.717) is 11.1 Å². The number of urea groups is 1. The molecule has 0 bridgehead atoms. The molecule has 0 fully saturated rings. The second-order valence-corrected chi connectivity index (χ2v) is 7.57. The molecule has 0 spiro atoms. The maximum Gasteiger partial charge on any atom is 0.416 e. The zero-order chi connectivity index (χ0) is 24.5. The number of nitriles is 1. The molecule has 0 saturated heterocycles. The van der Waals surface area contributed by atoms with Gasteiger partial charge in [-0.15, -0.1) is 0 Å². The van der Waals surface area contributed by atoms with Crippen LogP contribution in [0.15, 0.2) is 84.3 Å². The van der Waals surface area contributed by atoms with Gasteiger partial charge in [-0.05, 0) is 55.0 Å². The number of hydrogen-bond acceptors (Lipinski definition) is 4. The number of Topliss-reactive ketones (excluding diaryl/α,β-unsaturated/α-hetero) is 1. The maximum atomic E-state index is 13.5. The van der Waals surface area contributed by atoms with Crippen molar-refractivity contribution < 1.29 is 22.8 Å². The summed E-state index contributed by atoms with van der Waals surface area (Å²) in [7, 11) is 0. The molecule has 2 amide bonds. The maximum absolute atomic E-state index is 13.5. The number of nitrogens with zero attached hydrogens (tertiary/aromatic N) is 3. The Hall–Kier alpha value is -4.45. The molecular weight excluding hydrogens is 445 g/mol. The minimum Gasteiger partial charge on any atom is -0.326 e. The smallest absolute Gasteiger partial charge is 0.326 e. The minimum atomic E-state index is -4.60. The van der Waals surface area contributed by atoms with E-state index in [1.807, 2.05) is 6.07 Å². The molecule has 0 radical (unpaired) electrons. The number of pyridine rings is 1. The van der Waals surface area contributed by atoms with Crippen LogP contribution in [0.1, 0.15) is 40.0 Å². The Labute approximate surface area is 193 Å². The summed E-state index contributed by atoms with van der Waals surface area (Å²) < 4.78 is 39.9. The second kappa shape index (κ2) is 8.83. The molecule has 34 heavy (non-hydrogen) atoms. The van der Waals surface area contributed by atoms with Gasteiger partial charge in [0.25, 0.3) is 0 Å². The van der Waals surface area contributed by atoms with Gasteiger partial charge in [0, 0.05) is 29.2 Å². The number of anilines is 1. The number of nitrogens with one attached hydrogen (secondary N) is 1. The van der Waals surface area contributed by atoms with Crippen LogP contribution in [-0.4, -0.2) is 16.8 Å². The van der Waals surface area contributed by atoms with Crippen molar-refractivity contribution in [2.75, 3.05) is 4.90 Å². The van der Waals surface area contributed by atoms with Crippen LogP contribution < -0.4 is 10.2 Å². The predicted octanol–water partition coefficient (Wildman–Crippen LogP) is 5.40. The lowest BCUT2D eigenvalue weighted by atomic mass is 9.89. The molecule has 1 unspecified atom stereocenters. The van der Waals surface area contributed by atoms with Gasteiger partial charge < -0.3 is 5.32 Å². The van der Waals surface area contributed by atoms with Gasteiger partial charge in [0.1, 0.15) is 0 Å².